The second-order valence-corrected chi connectivity index (χ2v) is 9.24. The standard InChI is InChI=1S/C31H34O8/c1-22(32)34-21-27-28(35-18-24-12-6-3-7-13-24)29(36-19-25-14-8-4-9-15-25)30(31(39-27)38-23(2)33)37-20-26-16-10-5-11-17-26/h3-17,27-31H,18-21H2,1-2H3. The molecule has 1 heterocycles. The van der Waals surface area contributed by atoms with Gasteiger partial charge in [0.05, 0.1) is 19.8 Å². The normalized spacial score (nSPS) is 22.7. The number of carbonyl (C=O) groups excluding carboxylic acids is 2. The van der Waals surface area contributed by atoms with Crippen molar-refractivity contribution in [3.63, 3.8) is 0 Å². The number of hydrogen-bond donors (Lipinski definition) is 0. The summed E-state index contributed by atoms with van der Waals surface area (Å²) in [6.45, 7) is 3.27. The Morgan fingerprint density at radius 3 is 1.49 bits per heavy atom. The van der Waals surface area contributed by atoms with Gasteiger partial charge < -0.3 is 28.4 Å². The largest absolute Gasteiger partial charge is 0.463 e. The van der Waals surface area contributed by atoms with Crippen molar-refractivity contribution in [1.29, 1.82) is 0 Å². The van der Waals surface area contributed by atoms with Crippen LogP contribution in [-0.2, 0) is 57.8 Å². The zero-order valence-electron chi connectivity index (χ0n) is 22.1. The minimum atomic E-state index is -1.11. The van der Waals surface area contributed by atoms with E-state index in [0.717, 1.165) is 16.7 Å². The molecule has 8 nitrogen and oxygen atoms in total. The van der Waals surface area contributed by atoms with Crippen LogP contribution in [0.15, 0.2) is 91.0 Å². The molecule has 5 atom stereocenters. The summed E-state index contributed by atoms with van der Waals surface area (Å²) in [5, 5.41) is 0. The smallest absolute Gasteiger partial charge is 0.305 e. The zero-order chi connectivity index (χ0) is 27.5. The summed E-state index contributed by atoms with van der Waals surface area (Å²) in [6, 6.07) is 29.1. The van der Waals surface area contributed by atoms with Crippen LogP contribution in [0.4, 0.5) is 0 Å². The molecule has 206 valence electrons. The van der Waals surface area contributed by atoms with Gasteiger partial charge in [-0.25, -0.2) is 0 Å². The monoisotopic (exact) mass is 534 g/mol. The number of benzene rings is 3. The van der Waals surface area contributed by atoms with E-state index < -0.39 is 42.6 Å². The first-order valence-corrected chi connectivity index (χ1v) is 12.9. The second kappa shape index (κ2) is 14.6. The van der Waals surface area contributed by atoms with Crippen LogP contribution < -0.4 is 0 Å². The van der Waals surface area contributed by atoms with E-state index in [2.05, 4.69) is 0 Å². The third kappa shape index (κ3) is 8.73. The van der Waals surface area contributed by atoms with Gasteiger partial charge in [0.2, 0.25) is 6.29 Å². The van der Waals surface area contributed by atoms with Crippen LogP contribution in [0.3, 0.4) is 0 Å². The molecule has 0 radical (unpaired) electrons. The molecule has 0 spiro atoms. The van der Waals surface area contributed by atoms with E-state index in [1.165, 1.54) is 13.8 Å². The predicted molar refractivity (Wildman–Crippen MR) is 142 cm³/mol. The van der Waals surface area contributed by atoms with Gasteiger partial charge in [0.25, 0.3) is 0 Å². The van der Waals surface area contributed by atoms with Crippen LogP contribution in [0, 0.1) is 0 Å². The number of carbonyl (C=O) groups is 2. The van der Waals surface area contributed by atoms with E-state index in [4.69, 9.17) is 28.4 Å². The number of hydrogen-bond acceptors (Lipinski definition) is 8. The zero-order valence-corrected chi connectivity index (χ0v) is 22.1. The fourth-order valence-electron chi connectivity index (χ4n) is 4.34. The molecule has 0 aromatic heterocycles. The topological polar surface area (TPSA) is 89.5 Å². The summed E-state index contributed by atoms with van der Waals surface area (Å²) >= 11 is 0. The summed E-state index contributed by atoms with van der Waals surface area (Å²) in [4.78, 5) is 23.8. The Morgan fingerprint density at radius 1 is 0.615 bits per heavy atom. The molecule has 3 aromatic carbocycles. The molecular weight excluding hydrogens is 500 g/mol. The predicted octanol–water partition coefficient (Wildman–Crippen LogP) is 4.59. The lowest BCUT2D eigenvalue weighted by Gasteiger charge is -2.45. The molecule has 1 saturated heterocycles. The SMILES string of the molecule is CC(=O)OCC1OC(OC(C)=O)C(OCc2ccccc2)C(OCc2ccccc2)C1OCc1ccccc1. The molecule has 8 heteroatoms. The van der Waals surface area contributed by atoms with Crippen LogP contribution in [0.5, 0.6) is 0 Å². The van der Waals surface area contributed by atoms with Gasteiger partial charge in [-0.1, -0.05) is 91.0 Å². The third-order valence-corrected chi connectivity index (χ3v) is 6.18. The Labute approximate surface area is 228 Å². The first-order valence-electron chi connectivity index (χ1n) is 12.9. The minimum absolute atomic E-state index is 0.108. The van der Waals surface area contributed by atoms with Gasteiger partial charge in [0, 0.05) is 13.8 Å². The Kier molecular flexibility index (Phi) is 10.6. The van der Waals surface area contributed by atoms with E-state index in [1.54, 1.807) is 0 Å². The molecule has 0 saturated carbocycles. The number of rotatable bonds is 12. The maximum atomic E-state index is 12.1. The van der Waals surface area contributed by atoms with Crippen molar-refractivity contribution in [3.8, 4) is 0 Å². The fourth-order valence-corrected chi connectivity index (χ4v) is 4.34. The van der Waals surface area contributed by atoms with Crippen molar-refractivity contribution in [2.75, 3.05) is 6.61 Å². The van der Waals surface area contributed by atoms with E-state index in [0.29, 0.717) is 0 Å². The van der Waals surface area contributed by atoms with Crippen LogP contribution in [0.1, 0.15) is 30.5 Å². The van der Waals surface area contributed by atoms with Gasteiger partial charge in [0.15, 0.2) is 0 Å². The lowest BCUT2D eigenvalue weighted by Crippen LogP contribution is -2.62. The molecule has 5 unspecified atom stereocenters. The van der Waals surface area contributed by atoms with Gasteiger partial charge >= 0.3 is 11.9 Å². The van der Waals surface area contributed by atoms with Gasteiger partial charge in [-0.2, -0.15) is 0 Å². The molecule has 1 fully saturated rings. The number of esters is 2. The van der Waals surface area contributed by atoms with Gasteiger partial charge in [-0.3, -0.25) is 9.59 Å². The molecule has 39 heavy (non-hydrogen) atoms. The van der Waals surface area contributed by atoms with Crippen LogP contribution >= 0.6 is 0 Å². The fraction of sp³-hybridized carbons (Fsp3) is 0.355. The lowest BCUT2D eigenvalue weighted by atomic mass is 9.97. The molecule has 0 aliphatic carbocycles. The van der Waals surface area contributed by atoms with E-state index in [9.17, 15) is 9.59 Å². The summed E-state index contributed by atoms with van der Waals surface area (Å²) < 4.78 is 36.2. The molecule has 0 amide bonds. The van der Waals surface area contributed by atoms with Crippen LogP contribution in [0.25, 0.3) is 0 Å². The lowest BCUT2D eigenvalue weighted by molar-refractivity contribution is -0.318. The van der Waals surface area contributed by atoms with Gasteiger partial charge in [-0.05, 0) is 16.7 Å². The van der Waals surface area contributed by atoms with Gasteiger partial charge in [-0.15, -0.1) is 0 Å². The Hall–Kier alpha value is -3.56. The molecule has 1 aliphatic heterocycles. The van der Waals surface area contributed by atoms with Crippen molar-refractivity contribution < 1.29 is 38.0 Å². The quantitative estimate of drug-likeness (QED) is 0.312. The molecular formula is C31H34O8. The minimum Gasteiger partial charge on any atom is -0.463 e. The van der Waals surface area contributed by atoms with E-state index in [1.807, 2.05) is 91.0 Å². The van der Waals surface area contributed by atoms with Crippen molar-refractivity contribution in [1.82, 2.24) is 0 Å². The Balaban J connectivity index is 1.64. The molecule has 0 bridgehead atoms. The molecule has 3 aromatic rings. The highest BCUT2D eigenvalue weighted by Gasteiger charge is 2.50. The van der Waals surface area contributed by atoms with Crippen LogP contribution in [-0.4, -0.2) is 49.3 Å². The summed E-state index contributed by atoms with van der Waals surface area (Å²) in [5.74, 6) is -1.00. The van der Waals surface area contributed by atoms with Crippen LogP contribution in [0.2, 0.25) is 0 Å². The van der Waals surface area contributed by atoms with Crippen molar-refractivity contribution in [2.24, 2.45) is 0 Å². The molecule has 4 rings (SSSR count). The van der Waals surface area contributed by atoms with E-state index in [-0.39, 0.29) is 26.4 Å². The average molecular weight is 535 g/mol. The first-order chi connectivity index (χ1) is 19.0. The highest BCUT2D eigenvalue weighted by molar-refractivity contribution is 5.66. The molecule has 0 N–H and O–H groups in total. The maximum absolute atomic E-state index is 12.1. The summed E-state index contributed by atoms with van der Waals surface area (Å²) in [7, 11) is 0. The number of ether oxygens (including phenoxy) is 6. The summed E-state index contributed by atoms with van der Waals surface area (Å²) in [5.41, 5.74) is 2.84. The summed E-state index contributed by atoms with van der Waals surface area (Å²) in [6.07, 6.45) is -4.15. The first kappa shape index (κ1) is 28.4. The highest BCUT2D eigenvalue weighted by Crippen LogP contribution is 2.31. The average Bonchev–Trinajstić information content (AvgIpc) is 2.95. The third-order valence-electron chi connectivity index (χ3n) is 6.18. The maximum Gasteiger partial charge on any atom is 0.305 e. The Bertz CT molecular complexity index is 1150. The van der Waals surface area contributed by atoms with E-state index >= 15 is 0 Å². The second-order valence-electron chi connectivity index (χ2n) is 9.24. The van der Waals surface area contributed by atoms with Crippen molar-refractivity contribution in [2.45, 2.75) is 64.4 Å². The highest BCUT2D eigenvalue weighted by atomic mass is 16.7. The Morgan fingerprint density at radius 2 is 1.05 bits per heavy atom. The van der Waals surface area contributed by atoms with Crippen molar-refractivity contribution in [3.05, 3.63) is 108 Å². The molecule has 1 aliphatic rings. The van der Waals surface area contributed by atoms with Crippen molar-refractivity contribution >= 4 is 11.9 Å². The van der Waals surface area contributed by atoms with Gasteiger partial charge in [0.1, 0.15) is 31.0 Å².